The minimum absolute atomic E-state index is 0.0910. The summed E-state index contributed by atoms with van der Waals surface area (Å²) in [6.07, 6.45) is 0.597. The van der Waals surface area contributed by atoms with Gasteiger partial charge in [-0.1, -0.05) is 6.07 Å². The molecule has 4 N–H and O–H groups in total. The highest BCUT2D eigenvalue weighted by Gasteiger charge is 2.49. The first kappa shape index (κ1) is 18.1. The van der Waals surface area contributed by atoms with E-state index in [9.17, 15) is 22.8 Å². The number of benzene rings is 1. The van der Waals surface area contributed by atoms with Gasteiger partial charge in [-0.3, -0.25) is 14.1 Å². The van der Waals surface area contributed by atoms with Crippen LogP contribution in [0.25, 0.3) is 0 Å². The second-order valence-corrected chi connectivity index (χ2v) is 6.95. The summed E-state index contributed by atoms with van der Waals surface area (Å²) in [7, 11) is -4.84. The molecular weight excluding hydrogens is 368 g/mol. The van der Waals surface area contributed by atoms with Crippen LogP contribution in [0.5, 0.6) is 0 Å². The Hall–Kier alpha value is -2.70. The summed E-state index contributed by atoms with van der Waals surface area (Å²) < 4.78 is 34.8. The van der Waals surface area contributed by atoms with E-state index in [0.29, 0.717) is 17.2 Å². The van der Waals surface area contributed by atoms with Crippen LogP contribution in [-0.2, 0) is 19.5 Å². The molecule has 1 aromatic rings. The summed E-state index contributed by atoms with van der Waals surface area (Å²) in [5, 5.41) is 3.17. The highest BCUT2D eigenvalue weighted by atomic mass is 32.3. The van der Waals surface area contributed by atoms with E-state index in [1.165, 1.54) is 17.0 Å². The first-order valence-corrected chi connectivity index (χ1v) is 9.00. The third kappa shape index (κ3) is 3.61. The number of carbonyl (C=O) groups is 3. The lowest BCUT2D eigenvalue weighted by Crippen LogP contribution is -2.47. The second kappa shape index (κ2) is 6.55. The number of primary amides is 1. The van der Waals surface area contributed by atoms with Crippen molar-refractivity contribution in [3.8, 4) is 0 Å². The molecule has 2 fully saturated rings. The van der Waals surface area contributed by atoms with Crippen LogP contribution in [0.15, 0.2) is 24.3 Å². The summed E-state index contributed by atoms with van der Waals surface area (Å²) in [5.41, 5.74) is 5.75. The van der Waals surface area contributed by atoms with Crippen LogP contribution in [0.2, 0.25) is 0 Å². The van der Waals surface area contributed by atoms with Crippen LogP contribution in [0.1, 0.15) is 23.2 Å². The Labute approximate surface area is 148 Å². The Morgan fingerprint density at radius 1 is 1.31 bits per heavy atom. The first-order chi connectivity index (χ1) is 12.2. The fourth-order valence-corrected chi connectivity index (χ4v) is 3.47. The third-order valence-electron chi connectivity index (χ3n) is 4.21. The predicted molar refractivity (Wildman–Crippen MR) is 87.0 cm³/mol. The number of urea groups is 1. The number of carbonyl (C=O) groups excluding carboxylic acids is 3. The molecule has 12 heteroatoms. The zero-order valence-electron chi connectivity index (χ0n) is 13.4. The lowest BCUT2D eigenvalue weighted by atomic mass is 10.00. The fraction of sp³-hybridized carbons (Fsp3) is 0.357. The number of rotatable bonds is 5. The number of amides is 4. The number of nitrogens with two attached hydrogens (primary N) is 1. The van der Waals surface area contributed by atoms with Crippen LogP contribution in [0.4, 0.5) is 10.5 Å². The molecule has 2 saturated heterocycles. The van der Waals surface area contributed by atoms with Gasteiger partial charge >= 0.3 is 16.4 Å². The minimum Gasteiger partial charge on any atom is -0.366 e. The van der Waals surface area contributed by atoms with E-state index < -0.39 is 40.3 Å². The van der Waals surface area contributed by atoms with Gasteiger partial charge < -0.3 is 16.0 Å². The van der Waals surface area contributed by atoms with Crippen molar-refractivity contribution in [3.63, 3.8) is 0 Å². The Morgan fingerprint density at radius 3 is 2.69 bits per heavy atom. The smallest absolute Gasteiger partial charge is 0.366 e. The van der Waals surface area contributed by atoms with Crippen molar-refractivity contribution in [2.75, 3.05) is 11.9 Å². The number of anilines is 1. The molecule has 0 saturated carbocycles. The lowest BCUT2D eigenvalue weighted by molar-refractivity contribution is -0.120. The molecule has 1 unspecified atom stereocenters. The quantitative estimate of drug-likeness (QED) is 0.589. The number of fused-ring (bicyclic) bond motifs is 2. The average molecular weight is 384 g/mol. The van der Waals surface area contributed by atoms with Crippen molar-refractivity contribution in [2.24, 2.45) is 5.73 Å². The summed E-state index contributed by atoms with van der Waals surface area (Å²) in [6, 6.07) is 3.78. The van der Waals surface area contributed by atoms with Crippen LogP contribution < -0.4 is 11.1 Å². The largest absolute Gasteiger partial charge is 0.418 e. The topological polar surface area (TPSA) is 159 Å². The van der Waals surface area contributed by atoms with Crippen molar-refractivity contribution >= 4 is 33.9 Å². The second-order valence-electron chi connectivity index (χ2n) is 5.94. The Balaban J connectivity index is 1.73. The van der Waals surface area contributed by atoms with Gasteiger partial charge in [0.25, 0.3) is 0 Å². The Kier molecular flexibility index (Phi) is 4.56. The SMILES string of the molecule is NC(=O)c1cccc(NC(=O)C2CC[C@@H]3CN2C(=O)N3OS(=O)(=O)O)c1. The molecular formula is C14H16N4O7S. The molecule has 140 valence electrons. The summed E-state index contributed by atoms with van der Waals surface area (Å²) in [4.78, 5) is 37.2. The standard InChI is InChI=1S/C14H16N4O7S/c15-12(19)8-2-1-3-9(6-8)16-13(20)11-5-4-10-7-17(11)14(21)18(10)25-26(22,23)24/h1-3,6,10-11H,4-5,7H2,(H2,15,19)(H,16,20)(H,22,23,24)/t10-,11?/m1/s1. The van der Waals surface area contributed by atoms with Gasteiger partial charge in [0, 0.05) is 17.8 Å². The summed E-state index contributed by atoms with van der Waals surface area (Å²) >= 11 is 0. The van der Waals surface area contributed by atoms with Gasteiger partial charge in [-0.2, -0.15) is 13.5 Å². The van der Waals surface area contributed by atoms with Crippen molar-refractivity contribution in [3.05, 3.63) is 29.8 Å². The molecule has 2 bridgehead atoms. The molecule has 2 heterocycles. The molecule has 2 aliphatic heterocycles. The first-order valence-electron chi connectivity index (χ1n) is 7.63. The zero-order chi connectivity index (χ0) is 19.1. The number of hydrogen-bond donors (Lipinski definition) is 3. The van der Waals surface area contributed by atoms with E-state index in [-0.39, 0.29) is 18.5 Å². The molecule has 2 atom stereocenters. The van der Waals surface area contributed by atoms with Crippen LogP contribution in [0.3, 0.4) is 0 Å². The van der Waals surface area contributed by atoms with E-state index in [1.807, 2.05) is 0 Å². The van der Waals surface area contributed by atoms with Gasteiger partial charge in [0.1, 0.15) is 6.04 Å². The normalized spacial score (nSPS) is 22.4. The maximum absolute atomic E-state index is 12.5. The summed E-state index contributed by atoms with van der Waals surface area (Å²) in [6.45, 7) is 0.0910. The van der Waals surface area contributed by atoms with Gasteiger partial charge in [0.15, 0.2) is 0 Å². The van der Waals surface area contributed by atoms with Gasteiger partial charge in [-0.15, -0.1) is 4.28 Å². The maximum Gasteiger partial charge on any atom is 0.418 e. The van der Waals surface area contributed by atoms with Crippen molar-refractivity contribution < 1.29 is 31.6 Å². The highest BCUT2D eigenvalue weighted by molar-refractivity contribution is 7.80. The molecule has 0 aromatic heterocycles. The van der Waals surface area contributed by atoms with E-state index in [2.05, 4.69) is 9.60 Å². The van der Waals surface area contributed by atoms with E-state index in [0.717, 1.165) is 0 Å². The van der Waals surface area contributed by atoms with Crippen molar-refractivity contribution in [2.45, 2.75) is 24.9 Å². The van der Waals surface area contributed by atoms with Crippen LogP contribution in [-0.4, -0.2) is 59.4 Å². The monoisotopic (exact) mass is 384 g/mol. The Morgan fingerprint density at radius 2 is 2.04 bits per heavy atom. The summed E-state index contributed by atoms with van der Waals surface area (Å²) in [5.74, 6) is -1.14. The lowest BCUT2D eigenvalue weighted by Gasteiger charge is -2.29. The minimum atomic E-state index is -4.84. The van der Waals surface area contributed by atoms with Gasteiger partial charge in [0.05, 0.1) is 6.04 Å². The third-order valence-corrected chi connectivity index (χ3v) is 4.56. The van der Waals surface area contributed by atoms with Crippen LogP contribution >= 0.6 is 0 Å². The highest BCUT2D eigenvalue weighted by Crippen LogP contribution is 2.31. The number of hydrogen-bond acceptors (Lipinski definition) is 6. The van der Waals surface area contributed by atoms with E-state index in [1.54, 1.807) is 12.1 Å². The van der Waals surface area contributed by atoms with Crippen molar-refractivity contribution in [1.82, 2.24) is 9.96 Å². The fourth-order valence-electron chi connectivity index (χ4n) is 3.08. The van der Waals surface area contributed by atoms with E-state index in [4.69, 9.17) is 10.3 Å². The number of piperidine rings is 1. The van der Waals surface area contributed by atoms with Crippen molar-refractivity contribution in [1.29, 1.82) is 0 Å². The average Bonchev–Trinajstić information content (AvgIpc) is 2.78. The van der Waals surface area contributed by atoms with Crippen LogP contribution in [0, 0.1) is 0 Å². The number of nitrogens with zero attached hydrogens (tertiary/aromatic N) is 2. The van der Waals surface area contributed by atoms with Gasteiger partial charge in [-0.05, 0) is 31.0 Å². The zero-order valence-corrected chi connectivity index (χ0v) is 14.2. The molecule has 0 radical (unpaired) electrons. The maximum atomic E-state index is 12.5. The van der Waals surface area contributed by atoms with Gasteiger partial charge in [0.2, 0.25) is 11.8 Å². The van der Waals surface area contributed by atoms with Gasteiger partial charge in [-0.25, -0.2) is 4.79 Å². The molecule has 1 aromatic carbocycles. The number of nitrogens with one attached hydrogen (secondary N) is 1. The number of hydroxylamine groups is 2. The molecule has 0 spiro atoms. The molecule has 4 amide bonds. The molecule has 3 rings (SSSR count). The van der Waals surface area contributed by atoms with E-state index >= 15 is 0 Å². The Bertz CT molecular complexity index is 872. The molecule has 11 nitrogen and oxygen atoms in total. The predicted octanol–water partition coefficient (Wildman–Crippen LogP) is -0.273. The molecule has 2 aliphatic rings. The molecule has 26 heavy (non-hydrogen) atoms. The molecule has 0 aliphatic carbocycles.